The number of aryl methyl sites for hydroxylation is 1. The Labute approximate surface area is 157 Å². The molecule has 0 radical (unpaired) electrons. The monoisotopic (exact) mass is 370 g/mol. The van der Waals surface area contributed by atoms with Crippen molar-refractivity contribution in [2.45, 2.75) is 31.1 Å². The quantitative estimate of drug-likeness (QED) is 0.792. The number of esters is 1. The zero-order chi connectivity index (χ0) is 18.4. The van der Waals surface area contributed by atoms with Gasteiger partial charge in [0, 0.05) is 18.9 Å². The Balaban J connectivity index is 1.50. The van der Waals surface area contributed by atoms with Gasteiger partial charge in [-0.05, 0) is 54.3 Å². The van der Waals surface area contributed by atoms with Gasteiger partial charge in [0.15, 0.2) is 6.10 Å². The van der Waals surface area contributed by atoms with Crippen LogP contribution in [-0.4, -0.2) is 35.3 Å². The lowest BCUT2D eigenvalue weighted by Crippen LogP contribution is -2.37. The highest BCUT2D eigenvalue weighted by Gasteiger charge is 2.30. The molecule has 1 aliphatic rings. The van der Waals surface area contributed by atoms with Gasteiger partial charge in [0.1, 0.15) is 5.25 Å². The molecule has 1 aliphatic heterocycles. The molecule has 0 bridgehead atoms. The van der Waals surface area contributed by atoms with Crippen LogP contribution >= 0.6 is 11.8 Å². The SMILES string of the molecule is C[C@H](OC(=O)[C@H]1SCCc2ccccc21)C(=O)NCCc1ccncc1. The Morgan fingerprint density at radius 3 is 2.85 bits per heavy atom. The molecule has 136 valence electrons. The molecule has 3 rings (SSSR count). The fourth-order valence-electron chi connectivity index (χ4n) is 2.90. The van der Waals surface area contributed by atoms with Crippen molar-refractivity contribution >= 4 is 23.6 Å². The molecule has 0 fully saturated rings. The largest absolute Gasteiger partial charge is 0.451 e. The van der Waals surface area contributed by atoms with Gasteiger partial charge in [0.25, 0.3) is 5.91 Å². The van der Waals surface area contributed by atoms with Crippen LogP contribution in [0.1, 0.15) is 28.9 Å². The highest BCUT2D eigenvalue weighted by atomic mass is 32.2. The molecule has 5 nitrogen and oxygen atoms in total. The molecule has 2 aromatic rings. The van der Waals surface area contributed by atoms with Crippen LogP contribution in [0.15, 0.2) is 48.8 Å². The molecule has 2 atom stereocenters. The second-order valence-electron chi connectivity index (χ2n) is 6.18. The highest BCUT2D eigenvalue weighted by molar-refractivity contribution is 8.00. The molecule has 0 saturated heterocycles. The van der Waals surface area contributed by atoms with Crippen molar-refractivity contribution in [3.63, 3.8) is 0 Å². The summed E-state index contributed by atoms with van der Waals surface area (Å²) >= 11 is 1.57. The van der Waals surface area contributed by atoms with Gasteiger partial charge in [0.2, 0.25) is 0 Å². The Morgan fingerprint density at radius 1 is 1.27 bits per heavy atom. The van der Waals surface area contributed by atoms with Gasteiger partial charge in [-0.25, -0.2) is 0 Å². The summed E-state index contributed by atoms with van der Waals surface area (Å²) in [7, 11) is 0. The van der Waals surface area contributed by atoms with Crippen molar-refractivity contribution in [2.24, 2.45) is 0 Å². The van der Waals surface area contributed by atoms with Gasteiger partial charge in [-0.3, -0.25) is 14.6 Å². The van der Waals surface area contributed by atoms with E-state index < -0.39 is 6.10 Å². The molecular formula is C20H22N2O3S. The van der Waals surface area contributed by atoms with Crippen molar-refractivity contribution in [1.82, 2.24) is 10.3 Å². The van der Waals surface area contributed by atoms with E-state index in [1.54, 1.807) is 31.1 Å². The minimum absolute atomic E-state index is 0.276. The third-order valence-electron chi connectivity index (χ3n) is 4.33. The van der Waals surface area contributed by atoms with Crippen LogP contribution in [0.25, 0.3) is 0 Å². The normalized spacial score (nSPS) is 17.0. The third kappa shape index (κ3) is 4.64. The van der Waals surface area contributed by atoms with Gasteiger partial charge in [-0.15, -0.1) is 11.8 Å². The predicted molar refractivity (Wildman–Crippen MR) is 102 cm³/mol. The first-order valence-electron chi connectivity index (χ1n) is 8.71. The lowest BCUT2D eigenvalue weighted by molar-refractivity contribution is -0.154. The number of ether oxygens (including phenoxy) is 1. The number of nitrogens with one attached hydrogen (secondary N) is 1. The maximum absolute atomic E-state index is 12.5. The summed E-state index contributed by atoms with van der Waals surface area (Å²) in [4.78, 5) is 28.7. The van der Waals surface area contributed by atoms with Crippen LogP contribution in [0.4, 0.5) is 0 Å². The van der Waals surface area contributed by atoms with E-state index in [1.165, 1.54) is 5.56 Å². The fraction of sp³-hybridized carbons (Fsp3) is 0.350. The second-order valence-corrected chi connectivity index (χ2v) is 7.39. The van der Waals surface area contributed by atoms with Gasteiger partial charge >= 0.3 is 5.97 Å². The van der Waals surface area contributed by atoms with Crippen molar-refractivity contribution < 1.29 is 14.3 Å². The maximum atomic E-state index is 12.5. The number of hydrogen-bond acceptors (Lipinski definition) is 5. The van der Waals surface area contributed by atoms with Crippen LogP contribution < -0.4 is 5.32 Å². The Bertz CT molecular complexity index is 767. The summed E-state index contributed by atoms with van der Waals surface area (Å²) in [5.74, 6) is 0.254. The summed E-state index contributed by atoms with van der Waals surface area (Å²) in [6, 6.07) is 11.7. The smallest absolute Gasteiger partial charge is 0.324 e. The van der Waals surface area contributed by atoms with E-state index >= 15 is 0 Å². The highest BCUT2D eigenvalue weighted by Crippen LogP contribution is 2.37. The second kappa shape index (κ2) is 8.85. The van der Waals surface area contributed by atoms with Crippen molar-refractivity contribution in [1.29, 1.82) is 0 Å². The lowest BCUT2D eigenvalue weighted by Gasteiger charge is -2.24. The molecule has 0 aliphatic carbocycles. The third-order valence-corrected chi connectivity index (χ3v) is 5.55. The summed E-state index contributed by atoms with van der Waals surface area (Å²) < 4.78 is 5.43. The van der Waals surface area contributed by atoms with Crippen molar-refractivity contribution in [3.05, 3.63) is 65.5 Å². The van der Waals surface area contributed by atoms with E-state index in [0.29, 0.717) is 13.0 Å². The summed E-state index contributed by atoms with van der Waals surface area (Å²) in [6.07, 6.45) is 4.30. The number of nitrogens with zero attached hydrogens (tertiary/aromatic N) is 1. The summed E-state index contributed by atoms with van der Waals surface area (Å²) in [5.41, 5.74) is 3.28. The average molecular weight is 370 g/mol. The van der Waals surface area contributed by atoms with Gasteiger partial charge < -0.3 is 10.1 Å². The van der Waals surface area contributed by atoms with Crippen LogP contribution in [0, 0.1) is 0 Å². The van der Waals surface area contributed by atoms with E-state index in [9.17, 15) is 9.59 Å². The molecule has 0 spiro atoms. The zero-order valence-electron chi connectivity index (χ0n) is 14.7. The number of aromatic nitrogens is 1. The first-order valence-corrected chi connectivity index (χ1v) is 9.76. The van der Waals surface area contributed by atoms with Gasteiger partial charge in [-0.1, -0.05) is 24.3 Å². The molecule has 1 aromatic heterocycles. The van der Waals surface area contributed by atoms with Gasteiger partial charge in [-0.2, -0.15) is 0 Å². The topological polar surface area (TPSA) is 68.3 Å². The van der Waals surface area contributed by atoms with E-state index in [-0.39, 0.29) is 17.1 Å². The average Bonchev–Trinajstić information content (AvgIpc) is 2.68. The van der Waals surface area contributed by atoms with Crippen molar-refractivity contribution in [3.8, 4) is 0 Å². The van der Waals surface area contributed by atoms with Crippen LogP contribution in [-0.2, 0) is 27.2 Å². The standard InChI is InChI=1S/C20H22N2O3S/c1-14(19(23)22-12-8-15-6-10-21-11-7-15)25-20(24)18-17-5-3-2-4-16(17)9-13-26-18/h2-7,10-11,14,18H,8-9,12-13H2,1H3,(H,22,23)/t14-,18-/m0/s1. The molecule has 1 N–H and O–H groups in total. The lowest BCUT2D eigenvalue weighted by atomic mass is 10.0. The first kappa shape index (κ1) is 18.5. The Morgan fingerprint density at radius 2 is 2.04 bits per heavy atom. The number of rotatable bonds is 6. The number of carbonyl (C=O) groups excluding carboxylic acids is 2. The molecule has 1 aromatic carbocycles. The molecule has 0 unspecified atom stereocenters. The summed E-state index contributed by atoms with van der Waals surface area (Å²) in [6.45, 7) is 2.10. The number of benzene rings is 1. The first-order chi connectivity index (χ1) is 12.6. The van der Waals surface area contributed by atoms with E-state index in [4.69, 9.17) is 4.74 Å². The number of pyridine rings is 1. The molecule has 6 heteroatoms. The van der Waals surface area contributed by atoms with E-state index in [2.05, 4.69) is 10.3 Å². The number of carbonyl (C=O) groups is 2. The van der Waals surface area contributed by atoms with Crippen LogP contribution in [0.5, 0.6) is 0 Å². The molecular weight excluding hydrogens is 348 g/mol. The number of thioether (sulfide) groups is 1. The van der Waals surface area contributed by atoms with Crippen molar-refractivity contribution in [2.75, 3.05) is 12.3 Å². The minimum atomic E-state index is -0.811. The minimum Gasteiger partial charge on any atom is -0.451 e. The number of fused-ring (bicyclic) bond motifs is 1. The predicted octanol–water partition coefficient (Wildman–Crippen LogP) is 2.70. The molecule has 26 heavy (non-hydrogen) atoms. The van der Waals surface area contributed by atoms with Crippen LogP contribution in [0.3, 0.4) is 0 Å². The maximum Gasteiger partial charge on any atom is 0.324 e. The van der Waals surface area contributed by atoms with Gasteiger partial charge in [0.05, 0.1) is 0 Å². The van der Waals surface area contributed by atoms with E-state index in [0.717, 1.165) is 23.3 Å². The van der Waals surface area contributed by atoms with E-state index in [1.807, 2.05) is 36.4 Å². The molecule has 0 saturated carbocycles. The zero-order valence-corrected chi connectivity index (χ0v) is 15.5. The Kier molecular flexibility index (Phi) is 6.28. The summed E-state index contributed by atoms with van der Waals surface area (Å²) in [5, 5.41) is 2.46. The van der Waals surface area contributed by atoms with Crippen LogP contribution in [0.2, 0.25) is 0 Å². The molecule has 2 heterocycles. The molecule has 1 amide bonds. The number of amides is 1. The Hall–Kier alpha value is -2.34. The number of hydrogen-bond donors (Lipinski definition) is 1. The fourth-order valence-corrected chi connectivity index (χ4v) is 4.08.